The number of thiazole rings is 1. The first-order valence-corrected chi connectivity index (χ1v) is 6.16. The van der Waals surface area contributed by atoms with E-state index >= 15 is 0 Å². The van der Waals surface area contributed by atoms with Crippen LogP contribution in [0.25, 0.3) is 6.08 Å². The number of hydrogen-bond acceptors (Lipinski definition) is 5. The molecule has 0 saturated carbocycles. The molecular weight excluding hydrogens is 224 g/mol. The number of carbonyl (C=O) groups excluding carboxylic acids is 1. The molecule has 0 N–H and O–H groups in total. The van der Waals surface area contributed by atoms with Crippen molar-refractivity contribution in [2.75, 3.05) is 31.2 Å². The smallest absolute Gasteiger partial charge is 0.185 e. The topological polar surface area (TPSA) is 42.4 Å². The molecule has 0 aliphatic carbocycles. The van der Waals surface area contributed by atoms with Gasteiger partial charge in [0.15, 0.2) is 5.13 Å². The number of aromatic nitrogens is 1. The van der Waals surface area contributed by atoms with Gasteiger partial charge >= 0.3 is 0 Å². The lowest BCUT2D eigenvalue weighted by molar-refractivity contribution is -0.107. The zero-order valence-corrected chi connectivity index (χ0v) is 9.78. The summed E-state index contributed by atoms with van der Waals surface area (Å²) >= 11 is 1.63. The molecule has 0 bridgehead atoms. The van der Waals surface area contributed by atoms with Crippen LogP contribution in [-0.2, 0) is 9.53 Å². The average molecular weight is 238 g/mol. The van der Waals surface area contributed by atoms with E-state index in [0.717, 1.165) is 43.4 Å². The molecule has 0 spiro atoms. The zero-order valence-electron chi connectivity index (χ0n) is 8.96. The van der Waals surface area contributed by atoms with Crippen molar-refractivity contribution in [3.8, 4) is 0 Å². The van der Waals surface area contributed by atoms with Crippen LogP contribution in [0.3, 0.4) is 0 Å². The second-order valence-electron chi connectivity index (χ2n) is 3.46. The lowest BCUT2D eigenvalue weighted by Gasteiger charge is -2.25. The van der Waals surface area contributed by atoms with Gasteiger partial charge in [0.25, 0.3) is 0 Å². The molecule has 1 fully saturated rings. The van der Waals surface area contributed by atoms with Crippen LogP contribution in [0.1, 0.15) is 12.1 Å². The molecule has 2 heterocycles. The minimum Gasteiger partial charge on any atom is -0.378 e. The third kappa shape index (κ3) is 2.90. The van der Waals surface area contributed by atoms with Crippen molar-refractivity contribution in [1.82, 2.24) is 4.98 Å². The van der Waals surface area contributed by atoms with Crippen molar-refractivity contribution < 1.29 is 9.53 Å². The molecule has 1 aliphatic rings. The van der Waals surface area contributed by atoms with Crippen LogP contribution in [0.2, 0.25) is 0 Å². The Bertz CT molecular complexity index is 370. The van der Waals surface area contributed by atoms with Crippen LogP contribution in [0.15, 0.2) is 11.5 Å². The van der Waals surface area contributed by atoms with E-state index in [-0.39, 0.29) is 0 Å². The summed E-state index contributed by atoms with van der Waals surface area (Å²) < 4.78 is 5.29. The highest BCUT2D eigenvalue weighted by Gasteiger charge is 2.13. The van der Waals surface area contributed by atoms with Gasteiger partial charge in [0.2, 0.25) is 0 Å². The molecular formula is C11H14N2O2S. The van der Waals surface area contributed by atoms with Gasteiger partial charge in [-0.3, -0.25) is 0 Å². The monoisotopic (exact) mass is 238 g/mol. The molecule has 0 aromatic carbocycles. The van der Waals surface area contributed by atoms with E-state index in [1.165, 1.54) is 0 Å². The Labute approximate surface area is 98.6 Å². The maximum atomic E-state index is 10.2. The van der Waals surface area contributed by atoms with E-state index in [1.54, 1.807) is 11.3 Å². The fraction of sp³-hybridized carbons (Fsp3) is 0.455. The normalized spacial score (nSPS) is 16.9. The summed E-state index contributed by atoms with van der Waals surface area (Å²) in [6, 6.07) is 0. The summed E-state index contributed by atoms with van der Waals surface area (Å²) in [4.78, 5) is 16.9. The Morgan fingerprint density at radius 1 is 1.50 bits per heavy atom. The first-order chi connectivity index (χ1) is 7.90. The van der Waals surface area contributed by atoms with E-state index in [1.807, 2.05) is 17.5 Å². The van der Waals surface area contributed by atoms with Gasteiger partial charge in [0.1, 0.15) is 6.29 Å². The molecule has 0 radical (unpaired) electrons. The summed E-state index contributed by atoms with van der Waals surface area (Å²) in [5.41, 5.74) is 0.924. The van der Waals surface area contributed by atoms with Crippen molar-refractivity contribution in [1.29, 1.82) is 0 Å². The number of nitrogens with zero attached hydrogens (tertiary/aromatic N) is 2. The van der Waals surface area contributed by atoms with Gasteiger partial charge in [0, 0.05) is 24.9 Å². The molecule has 0 unspecified atom stereocenters. The van der Waals surface area contributed by atoms with Crippen LogP contribution in [0.5, 0.6) is 0 Å². The summed E-state index contributed by atoms with van der Waals surface area (Å²) in [5, 5.41) is 3.04. The molecule has 1 aliphatic heterocycles. The van der Waals surface area contributed by atoms with Gasteiger partial charge in [-0.1, -0.05) is 6.08 Å². The van der Waals surface area contributed by atoms with Crippen molar-refractivity contribution in [2.45, 2.75) is 6.42 Å². The van der Waals surface area contributed by atoms with E-state index < -0.39 is 0 Å². The maximum absolute atomic E-state index is 10.2. The number of hydrogen-bond donors (Lipinski definition) is 0. The number of anilines is 1. The summed E-state index contributed by atoms with van der Waals surface area (Å²) in [6.45, 7) is 3.36. The first-order valence-electron chi connectivity index (χ1n) is 5.28. The Hall–Kier alpha value is -1.20. The Morgan fingerprint density at radius 2 is 2.31 bits per heavy atom. The van der Waals surface area contributed by atoms with Gasteiger partial charge < -0.3 is 14.4 Å². The van der Waals surface area contributed by atoms with E-state index in [9.17, 15) is 4.79 Å². The van der Waals surface area contributed by atoms with Crippen LogP contribution < -0.4 is 4.90 Å². The third-order valence-electron chi connectivity index (χ3n) is 2.31. The number of rotatable bonds is 4. The Kier molecular flexibility index (Phi) is 4.07. The molecule has 2 rings (SSSR count). The molecule has 5 heteroatoms. The van der Waals surface area contributed by atoms with Gasteiger partial charge in [-0.25, -0.2) is 4.98 Å². The average Bonchev–Trinajstić information content (AvgIpc) is 2.79. The Morgan fingerprint density at radius 3 is 3.06 bits per heavy atom. The number of carbonyl (C=O) groups is 1. The molecule has 0 atom stereocenters. The number of ether oxygens (including phenoxy) is 1. The third-order valence-corrected chi connectivity index (χ3v) is 3.23. The van der Waals surface area contributed by atoms with Crippen molar-refractivity contribution in [3.05, 3.63) is 17.2 Å². The minimum absolute atomic E-state index is 0.449. The van der Waals surface area contributed by atoms with Gasteiger partial charge in [0.05, 0.1) is 18.9 Å². The molecule has 4 nitrogen and oxygen atoms in total. The van der Waals surface area contributed by atoms with Crippen LogP contribution in [0.4, 0.5) is 5.13 Å². The fourth-order valence-corrected chi connectivity index (χ4v) is 2.34. The minimum atomic E-state index is 0.449. The molecule has 86 valence electrons. The lowest BCUT2D eigenvalue weighted by Crippen LogP contribution is -2.36. The van der Waals surface area contributed by atoms with Crippen molar-refractivity contribution in [2.24, 2.45) is 0 Å². The van der Waals surface area contributed by atoms with Gasteiger partial charge in [-0.15, -0.1) is 11.3 Å². The van der Waals surface area contributed by atoms with Crippen LogP contribution >= 0.6 is 11.3 Å². The zero-order chi connectivity index (χ0) is 11.2. The second kappa shape index (κ2) is 5.77. The van der Waals surface area contributed by atoms with Gasteiger partial charge in [-0.2, -0.15) is 0 Å². The molecule has 1 saturated heterocycles. The number of morpholine rings is 1. The van der Waals surface area contributed by atoms with Crippen LogP contribution in [0, 0.1) is 0 Å². The quantitative estimate of drug-likeness (QED) is 0.747. The fourth-order valence-electron chi connectivity index (χ4n) is 1.50. The van der Waals surface area contributed by atoms with E-state index in [2.05, 4.69) is 9.88 Å². The maximum Gasteiger partial charge on any atom is 0.185 e. The summed E-state index contributed by atoms with van der Waals surface area (Å²) in [6.07, 6.45) is 5.04. The predicted molar refractivity (Wildman–Crippen MR) is 64.9 cm³/mol. The standard InChI is InChI=1S/C11H14N2O2S/c14-6-2-1-3-10-9-16-11(12-10)13-4-7-15-8-5-13/h1,3,6,9H,2,4-5,7-8H2. The molecule has 0 amide bonds. The van der Waals surface area contributed by atoms with Gasteiger partial charge in [-0.05, 0) is 6.08 Å². The van der Waals surface area contributed by atoms with Crippen LogP contribution in [-0.4, -0.2) is 37.6 Å². The van der Waals surface area contributed by atoms with E-state index in [0.29, 0.717) is 6.42 Å². The van der Waals surface area contributed by atoms with Crippen molar-refractivity contribution in [3.63, 3.8) is 0 Å². The highest BCUT2D eigenvalue weighted by Crippen LogP contribution is 2.21. The lowest BCUT2D eigenvalue weighted by atomic mass is 10.3. The van der Waals surface area contributed by atoms with Crippen molar-refractivity contribution >= 4 is 28.8 Å². The number of aldehydes is 1. The first kappa shape index (κ1) is 11.3. The summed E-state index contributed by atoms with van der Waals surface area (Å²) in [7, 11) is 0. The largest absolute Gasteiger partial charge is 0.378 e. The predicted octanol–water partition coefficient (Wildman–Crippen LogP) is 1.58. The molecule has 1 aromatic rings. The summed E-state index contributed by atoms with van der Waals surface area (Å²) in [5.74, 6) is 0. The highest BCUT2D eigenvalue weighted by atomic mass is 32.1. The second-order valence-corrected chi connectivity index (χ2v) is 4.30. The highest BCUT2D eigenvalue weighted by molar-refractivity contribution is 7.13. The Balaban J connectivity index is 1.98. The molecule has 16 heavy (non-hydrogen) atoms. The van der Waals surface area contributed by atoms with E-state index in [4.69, 9.17) is 4.74 Å². The number of allylic oxidation sites excluding steroid dienone is 1. The SMILES string of the molecule is O=CCC=Cc1csc(N2CCOCC2)n1. The molecule has 1 aromatic heterocycles.